The second-order valence-electron chi connectivity index (χ2n) is 3.93. The van der Waals surface area contributed by atoms with Crippen LogP contribution >= 0.6 is 11.6 Å². The first-order chi connectivity index (χ1) is 7.00. The van der Waals surface area contributed by atoms with Crippen LogP contribution in [0.4, 0.5) is 0 Å². The summed E-state index contributed by atoms with van der Waals surface area (Å²) in [6.07, 6.45) is 0. The fourth-order valence-corrected chi connectivity index (χ4v) is 2.21. The molecular formula is C9H11ClN2O3. The van der Waals surface area contributed by atoms with Crippen molar-refractivity contribution < 1.29 is 14.4 Å². The Morgan fingerprint density at radius 1 is 1.40 bits per heavy atom. The van der Waals surface area contributed by atoms with Crippen LogP contribution in [0.2, 0.25) is 0 Å². The molecule has 6 heteroatoms. The van der Waals surface area contributed by atoms with Crippen LogP contribution in [0.3, 0.4) is 0 Å². The first-order valence-electron chi connectivity index (χ1n) is 4.78. The van der Waals surface area contributed by atoms with Gasteiger partial charge < -0.3 is 4.90 Å². The van der Waals surface area contributed by atoms with E-state index >= 15 is 0 Å². The molecule has 2 aliphatic rings. The Hall–Kier alpha value is -1.10. The van der Waals surface area contributed by atoms with Crippen LogP contribution in [-0.4, -0.2) is 41.1 Å². The van der Waals surface area contributed by atoms with Gasteiger partial charge in [-0.25, -0.2) is 0 Å². The number of rotatable bonds is 1. The van der Waals surface area contributed by atoms with Gasteiger partial charge in [0.1, 0.15) is 5.38 Å². The van der Waals surface area contributed by atoms with E-state index in [9.17, 15) is 14.4 Å². The van der Waals surface area contributed by atoms with Crippen molar-refractivity contribution in [3.05, 3.63) is 0 Å². The zero-order valence-corrected chi connectivity index (χ0v) is 8.95. The normalized spacial score (nSPS) is 31.5. The molecule has 0 bridgehead atoms. The maximum Gasteiger partial charge on any atom is 0.240 e. The van der Waals surface area contributed by atoms with Crippen LogP contribution in [0, 0.1) is 11.8 Å². The third kappa shape index (κ3) is 1.61. The molecule has 0 aromatic rings. The van der Waals surface area contributed by atoms with E-state index in [0.717, 1.165) is 0 Å². The average Bonchev–Trinajstić information content (AvgIpc) is 2.68. The molecule has 3 atom stereocenters. The van der Waals surface area contributed by atoms with Crippen LogP contribution in [0.5, 0.6) is 0 Å². The molecule has 5 nitrogen and oxygen atoms in total. The van der Waals surface area contributed by atoms with Crippen LogP contribution in [0.15, 0.2) is 0 Å². The first-order valence-corrected chi connectivity index (χ1v) is 5.22. The van der Waals surface area contributed by atoms with Gasteiger partial charge in [-0.05, 0) is 6.92 Å². The predicted octanol–water partition coefficient (Wildman–Crippen LogP) is -0.655. The maximum atomic E-state index is 11.5. The van der Waals surface area contributed by atoms with Gasteiger partial charge in [-0.3, -0.25) is 19.7 Å². The van der Waals surface area contributed by atoms with Crippen molar-refractivity contribution in [3.63, 3.8) is 0 Å². The molecule has 0 aliphatic carbocycles. The van der Waals surface area contributed by atoms with Gasteiger partial charge in [0, 0.05) is 13.1 Å². The number of likely N-dealkylation sites (tertiary alicyclic amines) is 1. The lowest BCUT2D eigenvalue weighted by atomic mass is 10.00. The fourth-order valence-electron chi connectivity index (χ4n) is 2.07. The highest BCUT2D eigenvalue weighted by Crippen LogP contribution is 2.28. The summed E-state index contributed by atoms with van der Waals surface area (Å²) in [4.78, 5) is 35.6. The predicted molar refractivity (Wildman–Crippen MR) is 52.0 cm³/mol. The summed E-state index contributed by atoms with van der Waals surface area (Å²) < 4.78 is 0. The van der Waals surface area contributed by atoms with E-state index in [4.69, 9.17) is 11.6 Å². The van der Waals surface area contributed by atoms with Crippen molar-refractivity contribution in [2.45, 2.75) is 12.3 Å². The van der Waals surface area contributed by atoms with Gasteiger partial charge in [-0.15, -0.1) is 11.6 Å². The fraction of sp³-hybridized carbons (Fsp3) is 0.667. The zero-order valence-electron chi connectivity index (χ0n) is 8.20. The lowest BCUT2D eigenvalue weighted by Gasteiger charge is -2.18. The molecular weight excluding hydrogens is 220 g/mol. The molecule has 0 aromatic carbocycles. The quantitative estimate of drug-likeness (QED) is 0.481. The standard InChI is InChI=1S/C9H11ClN2O3/c1-4(10)9(15)12-2-5-6(3-12)8(14)11-7(5)13/h4-6H,2-3H2,1H3,(H,11,13,14)/t4-,5-,6-/m0/s1. The molecule has 2 fully saturated rings. The van der Waals surface area contributed by atoms with Crippen molar-refractivity contribution in [1.29, 1.82) is 0 Å². The Kier molecular flexibility index (Phi) is 2.42. The zero-order chi connectivity index (χ0) is 11.2. The highest BCUT2D eigenvalue weighted by Gasteiger charge is 2.49. The number of halogens is 1. The van der Waals surface area contributed by atoms with E-state index in [2.05, 4.69) is 5.32 Å². The summed E-state index contributed by atoms with van der Waals surface area (Å²) in [6.45, 7) is 2.19. The van der Waals surface area contributed by atoms with Gasteiger partial charge in [0.25, 0.3) is 0 Å². The van der Waals surface area contributed by atoms with Crippen molar-refractivity contribution >= 4 is 29.3 Å². The smallest absolute Gasteiger partial charge is 0.240 e. The van der Waals surface area contributed by atoms with Crippen molar-refractivity contribution in [3.8, 4) is 0 Å². The molecule has 0 saturated carbocycles. The Morgan fingerprint density at radius 3 is 2.27 bits per heavy atom. The number of imide groups is 1. The summed E-state index contributed by atoms with van der Waals surface area (Å²) in [7, 11) is 0. The second-order valence-corrected chi connectivity index (χ2v) is 4.58. The third-order valence-corrected chi connectivity index (χ3v) is 3.08. The molecule has 15 heavy (non-hydrogen) atoms. The van der Waals surface area contributed by atoms with E-state index in [1.165, 1.54) is 4.90 Å². The Morgan fingerprint density at radius 2 is 1.87 bits per heavy atom. The molecule has 0 aromatic heterocycles. The number of nitrogens with zero attached hydrogens (tertiary/aromatic N) is 1. The Bertz CT molecular complexity index is 320. The Balaban J connectivity index is 2.10. The van der Waals surface area contributed by atoms with E-state index in [-0.39, 0.29) is 29.6 Å². The van der Waals surface area contributed by atoms with Gasteiger partial charge in [0.15, 0.2) is 0 Å². The first kappa shape index (κ1) is 10.4. The highest BCUT2D eigenvalue weighted by molar-refractivity contribution is 6.30. The summed E-state index contributed by atoms with van der Waals surface area (Å²) >= 11 is 5.66. The minimum Gasteiger partial charge on any atom is -0.340 e. The molecule has 0 spiro atoms. The molecule has 2 rings (SSSR count). The molecule has 0 unspecified atom stereocenters. The molecule has 3 amide bonds. The number of hydrogen-bond acceptors (Lipinski definition) is 3. The van der Waals surface area contributed by atoms with E-state index in [0.29, 0.717) is 13.1 Å². The van der Waals surface area contributed by atoms with E-state index in [1.807, 2.05) is 0 Å². The molecule has 0 radical (unpaired) electrons. The van der Waals surface area contributed by atoms with Crippen LogP contribution in [0.25, 0.3) is 0 Å². The Labute approximate surface area is 91.7 Å². The lowest BCUT2D eigenvalue weighted by Crippen LogP contribution is -2.38. The van der Waals surface area contributed by atoms with Crippen LogP contribution in [0.1, 0.15) is 6.92 Å². The monoisotopic (exact) mass is 230 g/mol. The summed E-state index contributed by atoms with van der Waals surface area (Å²) in [6, 6.07) is 0. The largest absolute Gasteiger partial charge is 0.340 e. The summed E-state index contributed by atoms with van der Waals surface area (Å²) in [5.74, 6) is -1.52. The molecule has 1 N–H and O–H groups in total. The lowest BCUT2D eigenvalue weighted by molar-refractivity contribution is -0.131. The minimum atomic E-state index is -0.609. The number of hydrogen-bond donors (Lipinski definition) is 1. The maximum absolute atomic E-state index is 11.5. The molecule has 2 heterocycles. The van der Waals surface area contributed by atoms with Gasteiger partial charge in [0.05, 0.1) is 11.8 Å². The van der Waals surface area contributed by atoms with Crippen LogP contribution in [-0.2, 0) is 14.4 Å². The number of fused-ring (bicyclic) bond motifs is 1. The van der Waals surface area contributed by atoms with Gasteiger partial charge in [-0.1, -0.05) is 0 Å². The molecule has 2 saturated heterocycles. The number of carbonyl (C=O) groups is 3. The van der Waals surface area contributed by atoms with Crippen LogP contribution < -0.4 is 5.32 Å². The van der Waals surface area contributed by atoms with Gasteiger partial charge in [-0.2, -0.15) is 0 Å². The number of alkyl halides is 1. The topological polar surface area (TPSA) is 66.5 Å². The second kappa shape index (κ2) is 3.48. The van der Waals surface area contributed by atoms with Crippen molar-refractivity contribution in [2.75, 3.05) is 13.1 Å². The van der Waals surface area contributed by atoms with Gasteiger partial charge in [0.2, 0.25) is 17.7 Å². The highest BCUT2D eigenvalue weighted by atomic mass is 35.5. The van der Waals surface area contributed by atoms with E-state index < -0.39 is 5.38 Å². The van der Waals surface area contributed by atoms with E-state index in [1.54, 1.807) is 6.92 Å². The summed E-state index contributed by atoms with van der Waals surface area (Å²) in [5.41, 5.74) is 0. The number of amides is 3. The average molecular weight is 231 g/mol. The third-order valence-electron chi connectivity index (χ3n) is 2.89. The SMILES string of the molecule is C[C@H](Cl)C(=O)N1C[C@@H]2C(=O)NC(=O)[C@H]2C1. The number of carbonyl (C=O) groups excluding carboxylic acids is 3. The molecule has 82 valence electrons. The van der Waals surface area contributed by atoms with Crippen molar-refractivity contribution in [1.82, 2.24) is 10.2 Å². The molecule has 2 aliphatic heterocycles. The number of nitrogens with one attached hydrogen (secondary N) is 1. The van der Waals surface area contributed by atoms with Gasteiger partial charge >= 0.3 is 0 Å². The van der Waals surface area contributed by atoms with Crippen molar-refractivity contribution in [2.24, 2.45) is 11.8 Å². The summed E-state index contributed by atoms with van der Waals surface area (Å²) in [5, 5.41) is 1.65. The minimum absolute atomic E-state index is 0.216.